The van der Waals surface area contributed by atoms with Gasteiger partial charge in [-0.1, -0.05) is 30.3 Å². The third-order valence-corrected chi connectivity index (χ3v) is 5.20. The standard InChI is InChI=1S/C22H29N3O2/c1-3-23-22(27)18-9-11-19(12-10-18)24(2)21(17-7-5-4-6-8-17)16-25-14-13-20(26)15-25/h4-12,20-21,26H,3,13-16H2,1-2H3,(H,23,27). The normalized spacial score (nSPS) is 18.3. The van der Waals surface area contributed by atoms with Crippen molar-refractivity contribution in [2.75, 3.05) is 38.1 Å². The second kappa shape index (κ2) is 9.02. The quantitative estimate of drug-likeness (QED) is 0.790. The maximum Gasteiger partial charge on any atom is 0.251 e. The van der Waals surface area contributed by atoms with E-state index in [-0.39, 0.29) is 18.1 Å². The fourth-order valence-corrected chi connectivity index (χ4v) is 3.64. The van der Waals surface area contributed by atoms with Crippen LogP contribution in [-0.2, 0) is 0 Å². The first-order valence-electron chi connectivity index (χ1n) is 9.65. The number of nitrogens with zero attached hydrogens (tertiary/aromatic N) is 2. The van der Waals surface area contributed by atoms with Gasteiger partial charge in [-0.25, -0.2) is 0 Å². The Bertz CT molecular complexity index is 733. The monoisotopic (exact) mass is 367 g/mol. The minimum Gasteiger partial charge on any atom is -0.392 e. The molecule has 0 aromatic heterocycles. The van der Waals surface area contributed by atoms with Gasteiger partial charge in [0.25, 0.3) is 5.91 Å². The lowest BCUT2D eigenvalue weighted by molar-refractivity contribution is 0.0956. The van der Waals surface area contributed by atoms with Gasteiger partial charge in [-0.2, -0.15) is 0 Å². The molecule has 2 N–H and O–H groups in total. The van der Waals surface area contributed by atoms with Gasteiger partial charge in [-0.05, 0) is 43.2 Å². The van der Waals surface area contributed by atoms with Gasteiger partial charge in [-0.15, -0.1) is 0 Å². The smallest absolute Gasteiger partial charge is 0.251 e. The Balaban J connectivity index is 1.79. The van der Waals surface area contributed by atoms with Gasteiger partial charge in [-0.3, -0.25) is 9.69 Å². The van der Waals surface area contributed by atoms with Crippen molar-refractivity contribution < 1.29 is 9.90 Å². The first-order chi connectivity index (χ1) is 13.1. The number of likely N-dealkylation sites (N-methyl/N-ethyl adjacent to an activating group) is 1. The van der Waals surface area contributed by atoms with Gasteiger partial charge in [0.15, 0.2) is 0 Å². The van der Waals surface area contributed by atoms with Crippen LogP contribution in [0.3, 0.4) is 0 Å². The Morgan fingerprint density at radius 2 is 1.93 bits per heavy atom. The summed E-state index contributed by atoms with van der Waals surface area (Å²) in [6.07, 6.45) is 0.620. The van der Waals surface area contributed by atoms with Gasteiger partial charge in [0.05, 0.1) is 12.1 Å². The number of carbonyl (C=O) groups is 1. The van der Waals surface area contributed by atoms with Gasteiger partial charge in [0, 0.05) is 44.5 Å². The zero-order valence-electron chi connectivity index (χ0n) is 16.1. The molecule has 1 fully saturated rings. The molecule has 0 saturated carbocycles. The number of amides is 1. The largest absolute Gasteiger partial charge is 0.392 e. The predicted octanol–water partition coefficient (Wildman–Crippen LogP) is 2.68. The summed E-state index contributed by atoms with van der Waals surface area (Å²) in [7, 11) is 2.09. The number of hydrogen-bond acceptors (Lipinski definition) is 4. The third kappa shape index (κ3) is 4.87. The summed E-state index contributed by atoms with van der Waals surface area (Å²) in [6, 6.07) is 18.4. The molecule has 1 amide bonds. The van der Waals surface area contributed by atoms with E-state index in [1.165, 1.54) is 5.56 Å². The van der Waals surface area contributed by atoms with Crippen LogP contribution >= 0.6 is 0 Å². The summed E-state index contributed by atoms with van der Waals surface area (Å²) in [5.41, 5.74) is 2.98. The molecule has 5 heteroatoms. The van der Waals surface area contributed by atoms with E-state index in [1.807, 2.05) is 37.3 Å². The van der Waals surface area contributed by atoms with Crippen molar-refractivity contribution >= 4 is 11.6 Å². The van der Waals surface area contributed by atoms with Crippen molar-refractivity contribution in [3.05, 3.63) is 65.7 Å². The molecule has 1 aliphatic heterocycles. The number of aliphatic hydroxyl groups excluding tert-OH is 1. The minimum absolute atomic E-state index is 0.0441. The molecule has 0 radical (unpaired) electrons. The van der Waals surface area contributed by atoms with Gasteiger partial charge in [0.2, 0.25) is 0 Å². The van der Waals surface area contributed by atoms with E-state index in [0.29, 0.717) is 12.1 Å². The molecule has 2 aromatic carbocycles. The summed E-state index contributed by atoms with van der Waals surface area (Å²) >= 11 is 0. The Labute approximate surface area is 161 Å². The summed E-state index contributed by atoms with van der Waals surface area (Å²) in [5, 5.41) is 12.7. The highest BCUT2D eigenvalue weighted by atomic mass is 16.3. The lowest BCUT2D eigenvalue weighted by Crippen LogP contribution is -2.36. The molecule has 2 unspecified atom stereocenters. The first-order valence-corrected chi connectivity index (χ1v) is 9.65. The number of benzene rings is 2. The molecule has 2 atom stereocenters. The summed E-state index contributed by atoms with van der Waals surface area (Å²) in [6.45, 7) is 5.05. The lowest BCUT2D eigenvalue weighted by atomic mass is 10.0. The Hall–Kier alpha value is -2.37. The molecule has 0 aliphatic carbocycles. The fraction of sp³-hybridized carbons (Fsp3) is 0.409. The molecule has 1 heterocycles. The number of nitrogens with one attached hydrogen (secondary N) is 1. The number of hydrogen-bond donors (Lipinski definition) is 2. The molecule has 0 spiro atoms. The van der Waals surface area contributed by atoms with E-state index in [9.17, 15) is 9.90 Å². The highest BCUT2D eigenvalue weighted by molar-refractivity contribution is 5.94. The number of carbonyl (C=O) groups excluding carboxylic acids is 1. The van der Waals surface area contributed by atoms with E-state index >= 15 is 0 Å². The molecule has 27 heavy (non-hydrogen) atoms. The number of anilines is 1. The van der Waals surface area contributed by atoms with Gasteiger partial charge >= 0.3 is 0 Å². The molecular formula is C22H29N3O2. The van der Waals surface area contributed by atoms with Crippen LogP contribution in [0.25, 0.3) is 0 Å². The average Bonchev–Trinajstić information content (AvgIpc) is 3.11. The Morgan fingerprint density at radius 1 is 1.22 bits per heavy atom. The third-order valence-electron chi connectivity index (χ3n) is 5.20. The molecule has 3 rings (SSSR count). The van der Waals surface area contributed by atoms with E-state index in [4.69, 9.17) is 0 Å². The summed E-state index contributed by atoms with van der Waals surface area (Å²) in [5.74, 6) is -0.0441. The number of β-amino-alcohol motifs (C(OH)–C–C–N with tert-alkyl or cyclic N) is 1. The van der Waals surface area contributed by atoms with Crippen LogP contribution in [0.15, 0.2) is 54.6 Å². The van der Waals surface area contributed by atoms with E-state index in [2.05, 4.69) is 46.4 Å². The number of aliphatic hydroxyl groups is 1. The van der Waals surface area contributed by atoms with Crippen molar-refractivity contribution in [1.29, 1.82) is 0 Å². The minimum atomic E-state index is -0.219. The predicted molar refractivity (Wildman–Crippen MR) is 109 cm³/mol. The van der Waals surface area contributed by atoms with Crippen LogP contribution < -0.4 is 10.2 Å². The van der Waals surface area contributed by atoms with Crippen molar-refractivity contribution in [2.45, 2.75) is 25.5 Å². The van der Waals surface area contributed by atoms with Crippen LogP contribution in [0.2, 0.25) is 0 Å². The first kappa shape index (κ1) is 19.4. The zero-order chi connectivity index (χ0) is 19.2. The molecule has 1 aliphatic rings. The van der Waals surface area contributed by atoms with Crippen molar-refractivity contribution in [3.8, 4) is 0 Å². The Morgan fingerprint density at radius 3 is 2.52 bits per heavy atom. The highest BCUT2D eigenvalue weighted by Gasteiger charge is 2.26. The van der Waals surface area contributed by atoms with Crippen LogP contribution in [0, 0.1) is 0 Å². The van der Waals surface area contributed by atoms with Gasteiger partial charge in [0.1, 0.15) is 0 Å². The van der Waals surface area contributed by atoms with Crippen molar-refractivity contribution in [1.82, 2.24) is 10.2 Å². The second-order valence-corrected chi connectivity index (χ2v) is 7.15. The molecule has 1 saturated heterocycles. The van der Waals surface area contributed by atoms with Crippen LogP contribution in [0.1, 0.15) is 35.3 Å². The Kier molecular flexibility index (Phi) is 6.48. The summed E-state index contributed by atoms with van der Waals surface area (Å²) < 4.78 is 0. The van der Waals surface area contributed by atoms with E-state index in [1.54, 1.807) is 0 Å². The number of rotatable bonds is 7. The van der Waals surface area contributed by atoms with Crippen LogP contribution in [0.5, 0.6) is 0 Å². The van der Waals surface area contributed by atoms with Crippen molar-refractivity contribution in [2.24, 2.45) is 0 Å². The van der Waals surface area contributed by atoms with Crippen LogP contribution in [-0.4, -0.2) is 55.2 Å². The van der Waals surface area contributed by atoms with Gasteiger partial charge < -0.3 is 15.3 Å². The van der Waals surface area contributed by atoms with E-state index in [0.717, 1.165) is 31.7 Å². The topological polar surface area (TPSA) is 55.8 Å². The van der Waals surface area contributed by atoms with Crippen LogP contribution in [0.4, 0.5) is 5.69 Å². The summed E-state index contributed by atoms with van der Waals surface area (Å²) in [4.78, 5) is 16.6. The molecule has 2 aromatic rings. The average molecular weight is 367 g/mol. The molecular weight excluding hydrogens is 338 g/mol. The molecule has 5 nitrogen and oxygen atoms in total. The maximum atomic E-state index is 12.0. The van der Waals surface area contributed by atoms with E-state index < -0.39 is 0 Å². The SMILES string of the molecule is CCNC(=O)c1ccc(N(C)C(CN2CCC(O)C2)c2ccccc2)cc1. The molecule has 0 bridgehead atoms. The molecule has 144 valence electrons. The number of likely N-dealkylation sites (tertiary alicyclic amines) is 1. The van der Waals surface area contributed by atoms with Crippen molar-refractivity contribution in [3.63, 3.8) is 0 Å². The second-order valence-electron chi connectivity index (χ2n) is 7.15. The lowest BCUT2D eigenvalue weighted by Gasteiger charge is -2.33. The maximum absolute atomic E-state index is 12.0. The highest BCUT2D eigenvalue weighted by Crippen LogP contribution is 2.28. The fourth-order valence-electron chi connectivity index (χ4n) is 3.64. The zero-order valence-corrected chi connectivity index (χ0v) is 16.1.